The number of hydrogen-bond acceptors (Lipinski definition) is 4. The molecule has 264 valence electrons. The third-order valence-corrected chi connectivity index (χ3v) is 7.93. The van der Waals surface area contributed by atoms with Crippen LogP contribution in [0.1, 0.15) is 79.1 Å². The number of carboxylic acid groups (broad SMARTS) is 1. The van der Waals surface area contributed by atoms with Crippen molar-refractivity contribution < 1.29 is 41.0 Å². The van der Waals surface area contributed by atoms with Crippen LogP contribution in [0.15, 0.2) is 35.3 Å². The fraction of sp³-hybridized carbons (Fsp3) is 0.417. The van der Waals surface area contributed by atoms with Gasteiger partial charge in [-0.05, 0) is 94.1 Å². The van der Waals surface area contributed by atoms with Crippen molar-refractivity contribution in [2.45, 2.75) is 72.1 Å². The predicted molar refractivity (Wildman–Crippen MR) is 173 cm³/mol. The number of alkyl halides is 3. The van der Waals surface area contributed by atoms with Gasteiger partial charge in [0.15, 0.2) is 0 Å². The van der Waals surface area contributed by atoms with Gasteiger partial charge < -0.3 is 19.9 Å². The Morgan fingerprint density at radius 1 is 1.02 bits per heavy atom. The quantitative estimate of drug-likeness (QED) is 0.158. The molecule has 49 heavy (non-hydrogen) atoms. The SMILES string of the molecule is CC#Cc1cc(F)c([C@H](CC(=O)O)NC(=O)[C@H](CC(C)C)n2cc(CCN(C)C)c(C(F)(F)F)cc2=O)c(F)c1-c1c(C)cc(F)cc1C. The molecule has 0 radical (unpaired) electrons. The molecule has 1 aromatic heterocycles. The molecule has 0 spiro atoms. The fourth-order valence-electron chi connectivity index (χ4n) is 5.84. The lowest BCUT2D eigenvalue weighted by Gasteiger charge is -2.27. The van der Waals surface area contributed by atoms with Gasteiger partial charge in [0, 0.05) is 35.5 Å². The summed E-state index contributed by atoms with van der Waals surface area (Å²) >= 11 is 0. The average molecular weight is 692 g/mol. The smallest absolute Gasteiger partial charge is 0.416 e. The van der Waals surface area contributed by atoms with E-state index in [0.717, 1.165) is 29.0 Å². The maximum absolute atomic E-state index is 16.7. The molecule has 3 rings (SSSR count). The van der Waals surface area contributed by atoms with E-state index in [9.17, 15) is 37.1 Å². The number of benzene rings is 2. The molecule has 2 N–H and O–H groups in total. The molecule has 1 heterocycles. The van der Waals surface area contributed by atoms with Crippen molar-refractivity contribution in [2.75, 3.05) is 20.6 Å². The van der Waals surface area contributed by atoms with Gasteiger partial charge in [0.2, 0.25) is 5.91 Å². The Hall–Kier alpha value is -4.57. The van der Waals surface area contributed by atoms with E-state index in [1.165, 1.54) is 20.8 Å². The zero-order chi connectivity index (χ0) is 37.0. The van der Waals surface area contributed by atoms with Gasteiger partial charge in [-0.3, -0.25) is 14.4 Å². The first kappa shape index (κ1) is 38.9. The van der Waals surface area contributed by atoms with Crippen molar-refractivity contribution in [3.8, 4) is 23.0 Å². The Balaban J connectivity index is 2.25. The Morgan fingerprint density at radius 3 is 2.14 bits per heavy atom. The second kappa shape index (κ2) is 15.8. The molecule has 0 aliphatic rings. The number of aromatic nitrogens is 1. The summed E-state index contributed by atoms with van der Waals surface area (Å²) in [4.78, 5) is 40.8. The largest absolute Gasteiger partial charge is 0.481 e. The second-order valence-electron chi connectivity index (χ2n) is 12.6. The van der Waals surface area contributed by atoms with Gasteiger partial charge >= 0.3 is 12.1 Å². The number of aliphatic carboxylic acids is 1. The van der Waals surface area contributed by atoms with Crippen LogP contribution in [0.4, 0.5) is 26.3 Å². The molecule has 1 amide bonds. The van der Waals surface area contributed by atoms with Gasteiger partial charge in [-0.2, -0.15) is 13.2 Å². The number of nitrogens with zero attached hydrogens (tertiary/aromatic N) is 2. The zero-order valence-electron chi connectivity index (χ0n) is 28.3. The lowest BCUT2D eigenvalue weighted by molar-refractivity contribution is -0.139. The normalized spacial score (nSPS) is 12.9. The maximum atomic E-state index is 16.7. The van der Waals surface area contributed by atoms with Crippen molar-refractivity contribution in [3.63, 3.8) is 0 Å². The summed E-state index contributed by atoms with van der Waals surface area (Å²) in [7, 11) is 3.31. The lowest BCUT2D eigenvalue weighted by Crippen LogP contribution is -2.41. The van der Waals surface area contributed by atoms with Crippen LogP contribution in [0.3, 0.4) is 0 Å². The summed E-state index contributed by atoms with van der Waals surface area (Å²) in [6.45, 7) is 8.05. The Morgan fingerprint density at radius 2 is 1.63 bits per heavy atom. The van der Waals surface area contributed by atoms with E-state index in [1.54, 1.807) is 32.8 Å². The summed E-state index contributed by atoms with van der Waals surface area (Å²) < 4.78 is 89.3. The minimum Gasteiger partial charge on any atom is -0.481 e. The standard InChI is InChI=1S/C36H39F6N3O4/c1-8-9-22-15-26(38)33(34(39)32(22)31-20(4)13-24(37)14-21(31)5)27(17-30(47)48)43-35(49)28(12-19(2)3)45-18-23(10-11-44(6)7)25(16-29(45)46)36(40,41)42/h13-16,18-19,27-28H,10-12,17H2,1-7H3,(H,43,49)(H,47,48)/t27-,28-/m0/s1. The number of carboxylic acids is 1. The first-order chi connectivity index (χ1) is 22.8. The molecule has 0 saturated carbocycles. The lowest BCUT2D eigenvalue weighted by atomic mass is 9.88. The van der Waals surface area contributed by atoms with E-state index in [4.69, 9.17) is 0 Å². The van der Waals surface area contributed by atoms with Crippen LogP contribution in [-0.2, 0) is 22.2 Å². The molecule has 0 bridgehead atoms. The highest BCUT2D eigenvalue weighted by atomic mass is 19.4. The number of carbonyl (C=O) groups excluding carboxylic acids is 1. The van der Waals surface area contributed by atoms with Gasteiger partial charge in [-0.15, -0.1) is 5.92 Å². The van der Waals surface area contributed by atoms with Crippen LogP contribution in [0.5, 0.6) is 0 Å². The molecule has 0 aliphatic carbocycles. The molecule has 0 aliphatic heterocycles. The molecular formula is C36H39F6N3O4. The molecule has 3 aromatic rings. The number of nitrogens with one attached hydrogen (secondary N) is 1. The molecule has 0 fully saturated rings. The van der Waals surface area contributed by atoms with Crippen LogP contribution in [0.25, 0.3) is 11.1 Å². The molecular weight excluding hydrogens is 652 g/mol. The molecule has 0 unspecified atom stereocenters. The topological polar surface area (TPSA) is 91.6 Å². The number of pyridine rings is 1. The Labute approximate surface area is 280 Å². The molecule has 7 nitrogen and oxygen atoms in total. The second-order valence-corrected chi connectivity index (χ2v) is 12.6. The van der Waals surface area contributed by atoms with E-state index >= 15 is 8.78 Å². The molecule has 0 saturated heterocycles. The molecule has 13 heteroatoms. The van der Waals surface area contributed by atoms with Gasteiger partial charge in [0.1, 0.15) is 23.5 Å². The maximum Gasteiger partial charge on any atom is 0.416 e. The summed E-state index contributed by atoms with van der Waals surface area (Å²) in [5.41, 5.74) is -2.91. The first-order valence-electron chi connectivity index (χ1n) is 15.5. The first-order valence-corrected chi connectivity index (χ1v) is 15.5. The number of likely N-dealkylation sites (N-methyl/N-ethyl adjacent to an activating group) is 1. The van der Waals surface area contributed by atoms with Crippen molar-refractivity contribution >= 4 is 11.9 Å². The van der Waals surface area contributed by atoms with Crippen LogP contribution in [0, 0.1) is 49.1 Å². The Bertz CT molecular complexity index is 1830. The van der Waals surface area contributed by atoms with Crippen LogP contribution in [0.2, 0.25) is 0 Å². The summed E-state index contributed by atoms with van der Waals surface area (Å²) in [5.74, 6) is -0.718. The number of rotatable bonds is 12. The van der Waals surface area contributed by atoms with Gasteiger partial charge in [0.05, 0.1) is 18.0 Å². The zero-order valence-corrected chi connectivity index (χ0v) is 28.3. The van der Waals surface area contributed by atoms with Crippen molar-refractivity contribution in [1.29, 1.82) is 0 Å². The van der Waals surface area contributed by atoms with Crippen molar-refractivity contribution in [2.24, 2.45) is 5.92 Å². The number of carbonyl (C=O) groups is 2. The number of hydrogen-bond donors (Lipinski definition) is 2. The van der Waals surface area contributed by atoms with Crippen LogP contribution < -0.4 is 10.9 Å². The van der Waals surface area contributed by atoms with Crippen molar-refractivity contribution in [3.05, 3.63) is 91.6 Å². The van der Waals surface area contributed by atoms with Gasteiger partial charge in [-0.25, -0.2) is 13.2 Å². The highest BCUT2D eigenvalue weighted by molar-refractivity contribution is 5.83. The highest BCUT2D eigenvalue weighted by Gasteiger charge is 2.36. The third-order valence-electron chi connectivity index (χ3n) is 7.93. The van der Waals surface area contributed by atoms with Gasteiger partial charge in [-0.1, -0.05) is 19.8 Å². The molecule has 2 aromatic carbocycles. The van der Waals surface area contributed by atoms with E-state index in [-0.39, 0.29) is 58.7 Å². The Kier molecular flexibility index (Phi) is 12.5. The van der Waals surface area contributed by atoms with Crippen LogP contribution in [-0.4, -0.2) is 47.1 Å². The highest BCUT2D eigenvalue weighted by Crippen LogP contribution is 2.38. The minimum atomic E-state index is -4.86. The average Bonchev–Trinajstić information content (AvgIpc) is 2.95. The predicted octanol–water partition coefficient (Wildman–Crippen LogP) is 6.96. The van der Waals surface area contributed by atoms with Crippen molar-refractivity contribution in [1.82, 2.24) is 14.8 Å². The number of amides is 1. The minimum absolute atomic E-state index is 0.0841. The fourth-order valence-corrected chi connectivity index (χ4v) is 5.84. The van der Waals surface area contributed by atoms with Crippen LogP contribution >= 0.6 is 0 Å². The van der Waals surface area contributed by atoms with Gasteiger partial charge in [0.25, 0.3) is 5.56 Å². The van der Waals surface area contributed by atoms with E-state index in [1.807, 2.05) is 0 Å². The third kappa shape index (κ3) is 9.32. The number of aryl methyl sites for hydroxylation is 2. The van der Waals surface area contributed by atoms with E-state index in [0.29, 0.717) is 6.07 Å². The molecule has 2 atom stereocenters. The summed E-state index contributed by atoms with van der Waals surface area (Å²) in [6, 6.07) is 0.303. The number of halogens is 6. The van der Waals surface area contributed by atoms with E-state index in [2.05, 4.69) is 17.2 Å². The summed E-state index contributed by atoms with van der Waals surface area (Å²) in [6.07, 6.45) is -5.09. The van der Waals surface area contributed by atoms with E-state index < -0.39 is 70.7 Å². The monoisotopic (exact) mass is 691 g/mol. The summed E-state index contributed by atoms with van der Waals surface area (Å²) in [5, 5.41) is 12.1.